The fourth-order valence-electron chi connectivity index (χ4n) is 3.13. The quantitative estimate of drug-likeness (QED) is 0.529. The molecular weight excluding hydrogens is 420 g/mol. The SMILES string of the molecule is COCCn1c(=NC(=O)CCCS(=O)(=O)c2ccccc2)sc2cc(C)c(C)cc21. The zero-order valence-corrected chi connectivity index (χ0v) is 19.1. The highest BCUT2D eigenvalue weighted by molar-refractivity contribution is 7.91. The second kappa shape index (κ2) is 9.68. The average Bonchev–Trinajstić information content (AvgIpc) is 3.03. The lowest BCUT2D eigenvalue weighted by atomic mass is 10.1. The van der Waals surface area contributed by atoms with Crippen LogP contribution in [0.25, 0.3) is 10.2 Å². The van der Waals surface area contributed by atoms with Crippen LogP contribution in [0.4, 0.5) is 0 Å². The van der Waals surface area contributed by atoms with E-state index in [0.29, 0.717) is 18.0 Å². The lowest BCUT2D eigenvalue weighted by molar-refractivity contribution is -0.118. The molecule has 8 heteroatoms. The summed E-state index contributed by atoms with van der Waals surface area (Å²) < 4.78 is 33.0. The molecule has 0 unspecified atom stereocenters. The van der Waals surface area contributed by atoms with Crippen LogP contribution in [0.15, 0.2) is 52.4 Å². The Hall–Kier alpha value is -2.29. The van der Waals surface area contributed by atoms with E-state index in [2.05, 4.69) is 31.0 Å². The molecular formula is C22H26N2O4S2. The summed E-state index contributed by atoms with van der Waals surface area (Å²) in [5.41, 5.74) is 3.39. The smallest absolute Gasteiger partial charge is 0.248 e. The van der Waals surface area contributed by atoms with Crippen molar-refractivity contribution in [1.29, 1.82) is 0 Å². The van der Waals surface area contributed by atoms with Crippen molar-refractivity contribution < 1.29 is 17.9 Å². The third-order valence-corrected chi connectivity index (χ3v) is 7.80. The third kappa shape index (κ3) is 5.24. The maximum Gasteiger partial charge on any atom is 0.248 e. The van der Waals surface area contributed by atoms with Crippen molar-refractivity contribution in [2.75, 3.05) is 19.5 Å². The number of methoxy groups -OCH3 is 1. The number of benzene rings is 2. The van der Waals surface area contributed by atoms with Gasteiger partial charge >= 0.3 is 0 Å². The van der Waals surface area contributed by atoms with Gasteiger partial charge < -0.3 is 9.30 Å². The molecule has 3 rings (SSSR count). The van der Waals surface area contributed by atoms with Gasteiger partial charge in [0.1, 0.15) is 0 Å². The first-order valence-corrected chi connectivity index (χ1v) is 12.2. The average molecular weight is 447 g/mol. The number of amides is 1. The molecule has 1 aromatic heterocycles. The predicted octanol–water partition coefficient (Wildman–Crippen LogP) is 3.65. The Bertz CT molecular complexity index is 1210. The van der Waals surface area contributed by atoms with E-state index in [1.165, 1.54) is 22.5 Å². The summed E-state index contributed by atoms with van der Waals surface area (Å²) in [6, 6.07) is 12.5. The number of sulfone groups is 1. The number of nitrogens with zero attached hydrogens (tertiary/aromatic N) is 2. The topological polar surface area (TPSA) is 77.7 Å². The predicted molar refractivity (Wildman–Crippen MR) is 119 cm³/mol. The van der Waals surface area contributed by atoms with Gasteiger partial charge in [0, 0.05) is 20.1 Å². The molecule has 0 N–H and O–H groups in total. The summed E-state index contributed by atoms with van der Waals surface area (Å²) >= 11 is 1.46. The molecule has 6 nitrogen and oxygen atoms in total. The molecule has 0 bridgehead atoms. The molecule has 1 amide bonds. The van der Waals surface area contributed by atoms with Crippen molar-refractivity contribution in [2.24, 2.45) is 4.99 Å². The highest BCUT2D eigenvalue weighted by Gasteiger charge is 2.15. The Labute approximate surface area is 180 Å². The number of aromatic nitrogens is 1. The summed E-state index contributed by atoms with van der Waals surface area (Å²) in [6.07, 6.45) is 0.323. The van der Waals surface area contributed by atoms with Gasteiger partial charge in [0.05, 0.1) is 27.5 Å². The van der Waals surface area contributed by atoms with Crippen LogP contribution in [0.5, 0.6) is 0 Å². The molecule has 3 aromatic rings. The van der Waals surface area contributed by atoms with E-state index in [-0.39, 0.29) is 29.4 Å². The Kier molecular flexibility index (Phi) is 7.23. The largest absolute Gasteiger partial charge is 0.383 e. The first-order chi connectivity index (χ1) is 14.3. The maximum absolute atomic E-state index is 12.5. The van der Waals surface area contributed by atoms with E-state index in [9.17, 15) is 13.2 Å². The first-order valence-electron chi connectivity index (χ1n) is 9.77. The molecule has 160 valence electrons. The van der Waals surface area contributed by atoms with Gasteiger partial charge in [0.15, 0.2) is 14.6 Å². The van der Waals surface area contributed by atoms with Crippen LogP contribution in [-0.2, 0) is 25.9 Å². The lowest BCUT2D eigenvalue weighted by Gasteiger charge is -2.06. The van der Waals surface area contributed by atoms with Crippen LogP contribution in [0.2, 0.25) is 0 Å². The first kappa shape index (κ1) is 22.4. The third-order valence-electron chi connectivity index (χ3n) is 4.94. The molecule has 0 radical (unpaired) electrons. The normalized spacial score (nSPS) is 12.6. The maximum atomic E-state index is 12.5. The molecule has 0 atom stereocenters. The minimum Gasteiger partial charge on any atom is -0.383 e. The molecule has 0 aliphatic heterocycles. The summed E-state index contributed by atoms with van der Waals surface area (Å²) in [7, 11) is -1.75. The Morgan fingerprint density at radius 3 is 2.53 bits per heavy atom. The van der Waals surface area contributed by atoms with Crippen LogP contribution < -0.4 is 4.80 Å². The highest BCUT2D eigenvalue weighted by Crippen LogP contribution is 2.22. The van der Waals surface area contributed by atoms with Crippen LogP contribution in [0, 0.1) is 13.8 Å². The van der Waals surface area contributed by atoms with E-state index in [4.69, 9.17) is 4.74 Å². The van der Waals surface area contributed by atoms with Gasteiger partial charge in [-0.25, -0.2) is 8.42 Å². The Morgan fingerprint density at radius 1 is 1.13 bits per heavy atom. The van der Waals surface area contributed by atoms with E-state index >= 15 is 0 Å². The summed E-state index contributed by atoms with van der Waals surface area (Å²) in [6.45, 7) is 5.22. The van der Waals surface area contributed by atoms with E-state index in [1.54, 1.807) is 37.4 Å². The Morgan fingerprint density at radius 2 is 1.83 bits per heavy atom. The van der Waals surface area contributed by atoms with Gasteiger partial charge in [0.2, 0.25) is 5.91 Å². The van der Waals surface area contributed by atoms with E-state index < -0.39 is 9.84 Å². The zero-order chi connectivity index (χ0) is 21.7. The highest BCUT2D eigenvalue weighted by atomic mass is 32.2. The Balaban J connectivity index is 1.79. The second-order valence-corrected chi connectivity index (χ2v) is 10.3. The molecule has 0 saturated carbocycles. The second-order valence-electron chi connectivity index (χ2n) is 7.17. The molecule has 0 aliphatic carbocycles. The van der Waals surface area contributed by atoms with Crippen molar-refractivity contribution in [3.8, 4) is 0 Å². The van der Waals surface area contributed by atoms with Gasteiger partial charge in [-0.3, -0.25) is 4.79 Å². The van der Waals surface area contributed by atoms with Crippen molar-refractivity contribution in [3.63, 3.8) is 0 Å². The van der Waals surface area contributed by atoms with E-state index in [1.807, 2.05) is 4.57 Å². The fourth-order valence-corrected chi connectivity index (χ4v) is 5.61. The number of rotatable bonds is 8. The van der Waals surface area contributed by atoms with Crippen LogP contribution in [-0.4, -0.2) is 38.4 Å². The number of ether oxygens (including phenoxy) is 1. The molecule has 2 aromatic carbocycles. The van der Waals surface area contributed by atoms with Crippen molar-refractivity contribution in [1.82, 2.24) is 4.57 Å². The van der Waals surface area contributed by atoms with Crippen LogP contribution in [0.1, 0.15) is 24.0 Å². The van der Waals surface area contributed by atoms with Crippen molar-refractivity contribution in [2.45, 2.75) is 38.1 Å². The number of carbonyl (C=O) groups is 1. The summed E-state index contributed by atoms with van der Waals surface area (Å²) in [5.74, 6) is -0.392. The number of carbonyl (C=O) groups excluding carboxylic acids is 1. The van der Waals surface area contributed by atoms with Gasteiger partial charge in [-0.05, 0) is 55.7 Å². The van der Waals surface area contributed by atoms with Crippen LogP contribution in [0.3, 0.4) is 0 Å². The van der Waals surface area contributed by atoms with Gasteiger partial charge in [-0.15, -0.1) is 0 Å². The zero-order valence-electron chi connectivity index (χ0n) is 17.4. The summed E-state index contributed by atoms with van der Waals surface area (Å²) in [5, 5.41) is 0. The minimum absolute atomic E-state index is 0.0766. The number of thiazole rings is 1. The molecule has 0 aliphatic rings. The molecule has 0 saturated heterocycles. The number of fused-ring (bicyclic) bond motifs is 1. The lowest BCUT2D eigenvalue weighted by Crippen LogP contribution is -2.19. The molecule has 1 heterocycles. The van der Waals surface area contributed by atoms with Gasteiger partial charge in [0.25, 0.3) is 0 Å². The minimum atomic E-state index is -3.39. The monoisotopic (exact) mass is 446 g/mol. The van der Waals surface area contributed by atoms with Crippen molar-refractivity contribution >= 4 is 37.3 Å². The molecule has 30 heavy (non-hydrogen) atoms. The van der Waals surface area contributed by atoms with Gasteiger partial charge in [-0.2, -0.15) is 4.99 Å². The number of aryl methyl sites for hydroxylation is 2. The molecule has 0 fully saturated rings. The number of hydrogen-bond donors (Lipinski definition) is 0. The summed E-state index contributed by atoms with van der Waals surface area (Å²) in [4.78, 5) is 17.7. The van der Waals surface area contributed by atoms with E-state index in [0.717, 1.165) is 10.2 Å². The fraction of sp³-hybridized carbons (Fsp3) is 0.364. The standard InChI is InChI=1S/C22H26N2O4S2/c1-16-14-19-20(15-17(16)2)29-22(24(19)11-12-28-3)23-21(25)10-7-13-30(26,27)18-8-5-4-6-9-18/h4-6,8-9,14-15H,7,10-13H2,1-3H3. The number of hydrogen-bond acceptors (Lipinski definition) is 5. The van der Waals surface area contributed by atoms with Crippen molar-refractivity contribution in [3.05, 3.63) is 58.4 Å². The molecule has 0 spiro atoms. The van der Waals surface area contributed by atoms with Crippen LogP contribution >= 0.6 is 11.3 Å². The van der Waals surface area contributed by atoms with Gasteiger partial charge in [-0.1, -0.05) is 29.5 Å².